The first-order chi connectivity index (χ1) is 15.7. The number of aromatic amines is 1. The monoisotopic (exact) mass is 422 g/mol. The highest BCUT2D eigenvalue weighted by molar-refractivity contribution is 5.84. The Balaban J connectivity index is 1.42. The second-order valence-corrected chi connectivity index (χ2v) is 7.73. The van der Waals surface area contributed by atoms with Crippen molar-refractivity contribution in [1.82, 2.24) is 19.9 Å². The van der Waals surface area contributed by atoms with Crippen LogP contribution in [-0.2, 0) is 11.3 Å². The predicted molar refractivity (Wildman–Crippen MR) is 126 cm³/mol. The minimum absolute atomic E-state index is 0.0257. The molecule has 0 radical (unpaired) electrons. The Kier molecular flexibility index (Phi) is 5.25. The molecule has 2 heterocycles. The average Bonchev–Trinajstić information content (AvgIpc) is 3.26. The van der Waals surface area contributed by atoms with E-state index in [0.29, 0.717) is 17.6 Å². The summed E-state index contributed by atoms with van der Waals surface area (Å²) in [5, 5.41) is 4.17. The fraction of sp³-hybridized carbons (Fsp3) is 0.115. The van der Waals surface area contributed by atoms with Crippen molar-refractivity contribution in [3.05, 3.63) is 113 Å². The van der Waals surface area contributed by atoms with E-state index < -0.39 is 0 Å². The van der Waals surface area contributed by atoms with Crippen molar-refractivity contribution in [2.75, 3.05) is 6.54 Å². The second kappa shape index (κ2) is 8.51. The molecule has 0 bridgehead atoms. The first-order valence-electron chi connectivity index (χ1n) is 10.5. The normalized spacial score (nSPS) is 12.1. The van der Waals surface area contributed by atoms with Crippen LogP contribution in [0.4, 0.5) is 0 Å². The minimum atomic E-state index is -0.296. The van der Waals surface area contributed by atoms with E-state index in [1.807, 2.05) is 60.8 Å². The molecule has 2 aromatic heterocycles. The Bertz CT molecular complexity index is 1450. The van der Waals surface area contributed by atoms with Gasteiger partial charge in [-0.2, -0.15) is 0 Å². The summed E-state index contributed by atoms with van der Waals surface area (Å²) in [5.41, 5.74) is 4.33. The molecule has 5 rings (SSSR count). The summed E-state index contributed by atoms with van der Waals surface area (Å²) in [7, 11) is 0. The molecular weight excluding hydrogens is 400 g/mol. The molecule has 3 aromatic carbocycles. The third kappa shape index (κ3) is 3.78. The number of amides is 1. The minimum Gasteiger partial charge on any atom is -0.361 e. The van der Waals surface area contributed by atoms with Crippen molar-refractivity contribution in [2.45, 2.75) is 12.5 Å². The lowest BCUT2D eigenvalue weighted by Crippen LogP contribution is -2.35. The number of carbonyl (C=O) groups excluding carboxylic acids is 1. The largest absolute Gasteiger partial charge is 0.361 e. The van der Waals surface area contributed by atoms with Gasteiger partial charge in [0.25, 0.3) is 5.56 Å². The van der Waals surface area contributed by atoms with Gasteiger partial charge < -0.3 is 10.3 Å². The van der Waals surface area contributed by atoms with Crippen LogP contribution in [0.15, 0.2) is 96.1 Å². The van der Waals surface area contributed by atoms with E-state index in [1.165, 1.54) is 10.8 Å². The molecule has 0 saturated heterocycles. The highest BCUT2D eigenvalue weighted by atomic mass is 16.2. The van der Waals surface area contributed by atoms with Crippen LogP contribution in [-0.4, -0.2) is 27.0 Å². The van der Waals surface area contributed by atoms with E-state index in [9.17, 15) is 9.59 Å². The molecule has 1 amide bonds. The molecule has 2 N–H and O–H groups in total. The molecule has 0 saturated carbocycles. The number of aromatic nitrogens is 3. The number of carbonyl (C=O) groups is 1. The Morgan fingerprint density at radius 1 is 0.969 bits per heavy atom. The van der Waals surface area contributed by atoms with Gasteiger partial charge >= 0.3 is 0 Å². The fourth-order valence-electron chi connectivity index (χ4n) is 4.17. The van der Waals surface area contributed by atoms with Gasteiger partial charge in [-0.15, -0.1) is 0 Å². The van der Waals surface area contributed by atoms with Crippen molar-refractivity contribution in [3.8, 4) is 0 Å². The number of nitrogens with one attached hydrogen (secondary N) is 2. The number of H-pyrrole nitrogens is 1. The highest BCUT2D eigenvalue weighted by Gasteiger charge is 2.19. The number of hydrogen-bond donors (Lipinski definition) is 2. The summed E-state index contributed by atoms with van der Waals surface area (Å²) in [6.07, 6.45) is 3.27. The molecule has 6 nitrogen and oxygen atoms in total. The topological polar surface area (TPSA) is 79.8 Å². The Morgan fingerprint density at radius 2 is 1.72 bits per heavy atom. The zero-order valence-corrected chi connectivity index (χ0v) is 17.4. The highest BCUT2D eigenvalue weighted by Crippen LogP contribution is 2.30. The van der Waals surface area contributed by atoms with Gasteiger partial charge in [0, 0.05) is 29.6 Å². The van der Waals surface area contributed by atoms with Crippen LogP contribution in [0.2, 0.25) is 0 Å². The van der Waals surface area contributed by atoms with Crippen LogP contribution < -0.4 is 10.9 Å². The third-order valence-electron chi connectivity index (χ3n) is 5.76. The number of fused-ring (bicyclic) bond motifs is 2. The van der Waals surface area contributed by atoms with Crippen LogP contribution in [0.25, 0.3) is 21.9 Å². The van der Waals surface area contributed by atoms with E-state index >= 15 is 0 Å². The Hall–Kier alpha value is -4.19. The van der Waals surface area contributed by atoms with Gasteiger partial charge in [0.2, 0.25) is 5.91 Å². The summed E-state index contributed by atoms with van der Waals surface area (Å²) in [6, 6.07) is 25.6. The maximum atomic E-state index is 12.9. The Labute approximate surface area is 184 Å². The number of hydrogen-bond acceptors (Lipinski definition) is 3. The zero-order valence-electron chi connectivity index (χ0n) is 17.4. The van der Waals surface area contributed by atoms with Crippen LogP contribution in [0, 0.1) is 0 Å². The average molecular weight is 422 g/mol. The smallest absolute Gasteiger partial charge is 0.269 e. The lowest BCUT2D eigenvalue weighted by Gasteiger charge is -2.18. The Morgan fingerprint density at radius 3 is 2.59 bits per heavy atom. The predicted octanol–water partition coefficient (Wildman–Crippen LogP) is 3.83. The standard InChI is InChI=1S/C26H22N4O2/c31-25(17-30-24-13-7-6-12-23(24)28-16-26(30)32)29-14-20(18-8-2-1-3-9-18)21-15-27-22-11-5-4-10-19(21)22/h1-13,15-16,20,27H,14,17H2,(H,29,31). The van der Waals surface area contributed by atoms with E-state index in [0.717, 1.165) is 22.0 Å². The van der Waals surface area contributed by atoms with Gasteiger partial charge in [-0.05, 0) is 29.3 Å². The molecule has 5 aromatic rings. The van der Waals surface area contributed by atoms with Crippen LogP contribution in [0.5, 0.6) is 0 Å². The van der Waals surface area contributed by atoms with Crippen molar-refractivity contribution < 1.29 is 4.79 Å². The van der Waals surface area contributed by atoms with Gasteiger partial charge in [0.15, 0.2) is 0 Å². The number of rotatable bonds is 6. The summed E-state index contributed by atoms with van der Waals surface area (Å²) < 4.78 is 1.46. The summed E-state index contributed by atoms with van der Waals surface area (Å²) in [6.45, 7) is 0.361. The van der Waals surface area contributed by atoms with E-state index in [2.05, 4.69) is 33.5 Å². The molecule has 0 aliphatic rings. The lowest BCUT2D eigenvalue weighted by molar-refractivity contribution is -0.121. The molecule has 0 fully saturated rings. The molecule has 1 atom stereocenters. The van der Waals surface area contributed by atoms with Crippen LogP contribution in [0.1, 0.15) is 17.0 Å². The third-order valence-corrected chi connectivity index (χ3v) is 5.76. The van der Waals surface area contributed by atoms with Gasteiger partial charge in [-0.1, -0.05) is 60.7 Å². The number of nitrogens with zero attached hydrogens (tertiary/aromatic N) is 2. The SMILES string of the molecule is O=C(Cn1c(=O)cnc2ccccc21)NCC(c1ccccc1)c1c[nH]c2ccccc12. The van der Waals surface area contributed by atoms with Crippen LogP contribution >= 0.6 is 0 Å². The van der Waals surface area contributed by atoms with Crippen molar-refractivity contribution in [3.63, 3.8) is 0 Å². The molecule has 0 spiro atoms. The molecule has 0 aliphatic heterocycles. The maximum absolute atomic E-state index is 12.9. The van der Waals surface area contributed by atoms with Gasteiger partial charge in [0.05, 0.1) is 17.2 Å². The maximum Gasteiger partial charge on any atom is 0.269 e. The zero-order chi connectivity index (χ0) is 21.9. The molecule has 158 valence electrons. The van der Waals surface area contributed by atoms with Crippen LogP contribution in [0.3, 0.4) is 0 Å². The van der Waals surface area contributed by atoms with E-state index in [1.54, 1.807) is 6.07 Å². The fourth-order valence-corrected chi connectivity index (χ4v) is 4.17. The van der Waals surface area contributed by atoms with E-state index in [-0.39, 0.29) is 23.9 Å². The molecule has 6 heteroatoms. The van der Waals surface area contributed by atoms with Crippen molar-refractivity contribution >= 4 is 27.8 Å². The van der Waals surface area contributed by atoms with E-state index in [4.69, 9.17) is 0 Å². The first-order valence-corrected chi connectivity index (χ1v) is 10.5. The van der Waals surface area contributed by atoms with Crippen molar-refractivity contribution in [1.29, 1.82) is 0 Å². The molecular formula is C26H22N4O2. The van der Waals surface area contributed by atoms with Gasteiger partial charge in [-0.25, -0.2) is 4.98 Å². The second-order valence-electron chi connectivity index (χ2n) is 7.73. The van der Waals surface area contributed by atoms with Gasteiger partial charge in [-0.3, -0.25) is 14.2 Å². The molecule has 32 heavy (non-hydrogen) atoms. The molecule has 1 unspecified atom stereocenters. The lowest BCUT2D eigenvalue weighted by atomic mass is 9.91. The summed E-state index contributed by atoms with van der Waals surface area (Å²) >= 11 is 0. The first kappa shape index (κ1) is 19.8. The number of benzene rings is 3. The molecule has 0 aliphatic carbocycles. The summed E-state index contributed by atoms with van der Waals surface area (Å²) in [5.74, 6) is -0.244. The summed E-state index contributed by atoms with van der Waals surface area (Å²) in [4.78, 5) is 32.7. The van der Waals surface area contributed by atoms with Gasteiger partial charge in [0.1, 0.15) is 6.54 Å². The number of para-hydroxylation sites is 3. The quantitative estimate of drug-likeness (QED) is 0.437. The van der Waals surface area contributed by atoms with Crippen molar-refractivity contribution in [2.24, 2.45) is 0 Å².